The van der Waals surface area contributed by atoms with Gasteiger partial charge in [0.2, 0.25) is 10.0 Å². The van der Waals surface area contributed by atoms with Crippen molar-refractivity contribution in [1.29, 1.82) is 0 Å². The minimum absolute atomic E-state index is 0.0799. The van der Waals surface area contributed by atoms with Crippen molar-refractivity contribution in [2.45, 2.75) is 32.2 Å². The van der Waals surface area contributed by atoms with Crippen LogP contribution in [0, 0.1) is 13.8 Å². The molecule has 0 spiro atoms. The van der Waals surface area contributed by atoms with E-state index in [9.17, 15) is 13.2 Å². The molecule has 1 N–H and O–H groups in total. The average molecular weight is 413 g/mol. The quantitative estimate of drug-likeness (QED) is 0.601. The summed E-state index contributed by atoms with van der Waals surface area (Å²) in [5.41, 5.74) is 3.67. The molecule has 0 saturated carbocycles. The summed E-state index contributed by atoms with van der Waals surface area (Å²) in [7, 11) is -3.74. The van der Waals surface area contributed by atoms with Crippen LogP contribution in [0.4, 0.5) is 0 Å². The number of carbonyl (C=O) groups excluding carboxylic acids is 1. The highest BCUT2D eigenvalue weighted by Gasteiger charge is 2.18. The number of esters is 1. The molecule has 7 nitrogen and oxygen atoms in total. The first-order valence-corrected chi connectivity index (χ1v) is 10.7. The highest BCUT2D eigenvalue weighted by molar-refractivity contribution is 7.89. The van der Waals surface area contributed by atoms with Crippen molar-refractivity contribution >= 4 is 16.0 Å². The normalized spacial score (nSPS) is 11.4. The van der Waals surface area contributed by atoms with Crippen LogP contribution in [0.25, 0.3) is 5.69 Å². The van der Waals surface area contributed by atoms with Crippen LogP contribution in [0.3, 0.4) is 0 Å². The molecule has 0 saturated heterocycles. The number of ether oxygens (including phenoxy) is 1. The summed E-state index contributed by atoms with van der Waals surface area (Å²) in [6, 6.07) is 15.3. The second-order valence-corrected chi connectivity index (χ2v) is 8.23. The van der Waals surface area contributed by atoms with Gasteiger partial charge in [-0.05, 0) is 57.2 Å². The number of rotatable bonds is 7. The molecule has 1 aromatic heterocycles. The summed E-state index contributed by atoms with van der Waals surface area (Å²) in [5.74, 6) is -0.482. The maximum absolute atomic E-state index is 12.7. The Balaban J connectivity index is 1.77. The summed E-state index contributed by atoms with van der Waals surface area (Å²) in [5, 5.41) is 4.53. The van der Waals surface area contributed by atoms with E-state index in [-0.39, 0.29) is 18.0 Å². The Labute approximate surface area is 170 Å². The minimum atomic E-state index is -3.74. The maximum Gasteiger partial charge on any atom is 0.338 e. The van der Waals surface area contributed by atoms with Crippen LogP contribution < -0.4 is 4.72 Å². The predicted molar refractivity (Wildman–Crippen MR) is 109 cm³/mol. The Morgan fingerprint density at radius 3 is 2.34 bits per heavy atom. The van der Waals surface area contributed by atoms with E-state index in [0.29, 0.717) is 5.56 Å². The largest absolute Gasteiger partial charge is 0.462 e. The lowest BCUT2D eigenvalue weighted by Crippen LogP contribution is -2.24. The van der Waals surface area contributed by atoms with Gasteiger partial charge in [0.15, 0.2) is 0 Å². The number of benzene rings is 2. The summed E-state index contributed by atoms with van der Waals surface area (Å²) in [6.45, 7) is 5.85. The molecule has 2 aromatic carbocycles. The first-order valence-electron chi connectivity index (χ1n) is 9.21. The van der Waals surface area contributed by atoms with Crippen molar-refractivity contribution in [3.8, 4) is 5.69 Å². The van der Waals surface area contributed by atoms with Gasteiger partial charge in [-0.3, -0.25) is 0 Å². The van der Waals surface area contributed by atoms with Gasteiger partial charge in [0.25, 0.3) is 0 Å². The van der Waals surface area contributed by atoms with Crippen LogP contribution in [0.1, 0.15) is 34.2 Å². The van der Waals surface area contributed by atoms with E-state index in [0.717, 1.165) is 22.6 Å². The lowest BCUT2D eigenvalue weighted by atomic mass is 10.2. The average Bonchev–Trinajstić information content (AvgIpc) is 3.01. The molecule has 0 atom stereocenters. The number of carbonyl (C=O) groups is 1. The number of nitrogens with one attached hydrogen (secondary N) is 1. The monoisotopic (exact) mass is 413 g/mol. The van der Waals surface area contributed by atoms with E-state index in [1.54, 1.807) is 11.6 Å². The zero-order valence-corrected chi connectivity index (χ0v) is 17.4. The minimum Gasteiger partial charge on any atom is -0.462 e. The number of para-hydroxylation sites is 1. The molecule has 0 unspecified atom stereocenters. The molecule has 0 aliphatic carbocycles. The molecule has 0 fully saturated rings. The molecular weight excluding hydrogens is 390 g/mol. The van der Waals surface area contributed by atoms with Crippen LogP contribution >= 0.6 is 0 Å². The van der Waals surface area contributed by atoms with Crippen molar-refractivity contribution in [2.24, 2.45) is 0 Å². The van der Waals surface area contributed by atoms with E-state index < -0.39 is 16.0 Å². The van der Waals surface area contributed by atoms with Crippen molar-refractivity contribution < 1.29 is 17.9 Å². The Morgan fingerprint density at radius 1 is 1.07 bits per heavy atom. The van der Waals surface area contributed by atoms with Gasteiger partial charge in [-0.1, -0.05) is 18.2 Å². The van der Waals surface area contributed by atoms with Crippen LogP contribution in [-0.4, -0.2) is 30.8 Å². The summed E-state index contributed by atoms with van der Waals surface area (Å²) >= 11 is 0. The first-order chi connectivity index (χ1) is 13.8. The van der Waals surface area contributed by atoms with Crippen LogP contribution in [0.5, 0.6) is 0 Å². The zero-order valence-electron chi connectivity index (χ0n) is 16.5. The third-order valence-electron chi connectivity index (χ3n) is 4.56. The Bertz CT molecular complexity index is 1100. The van der Waals surface area contributed by atoms with Crippen LogP contribution in [0.15, 0.2) is 59.5 Å². The number of aryl methyl sites for hydroxylation is 1. The molecule has 3 aromatic rings. The lowest BCUT2D eigenvalue weighted by molar-refractivity contribution is 0.0526. The van der Waals surface area contributed by atoms with Gasteiger partial charge >= 0.3 is 5.97 Å². The standard InChI is InChI=1S/C21H23N3O4S/c1-4-28-21(25)17-10-12-19(13-11-17)29(26,27)22-14-20-15(2)23-24(16(20)3)18-8-6-5-7-9-18/h5-13,22H,4,14H2,1-3H3. The van der Waals surface area contributed by atoms with Gasteiger partial charge in [-0.15, -0.1) is 0 Å². The fourth-order valence-electron chi connectivity index (χ4n) is 2.99. The SMILES string of the molecule is CCOC(=O)c1ccc(S(=O)(=O)NCc2c(C)nn(-c3ccccc3)c2C)cc1. The van der Waals surface area contributed by atoms with E-state index in [1.807, 2.05) is 44.2 Å². The van der Waals surface area contributed by atoms with E-state index in [4.69, 9.17) is 4.74 Å². The fourth-order valence-corrected chi connectivity index (χ4v) is 3.98. The van der Waals surface area contributed by atoms with Crippen molar-refractivity contribution in [2.75, 3.05) is 6.61 Å². The highest BCUT2D eigenvalue weighted by atomic mass is 32.2. The van der Waals surface area contributed by atoms with Crippen molar-refractivity contribution in [3.63, 3.8) is 0 Å². The Kier molecular flexibility index (Phi) is 6.14. The van der Waals surface area contributed by atoms with Gasteiger partial charge in [0.05, 0.1) is 28.4 Å². The maximum atomic E-state index is 12.7. The molecule has 0 amide bonds. The molecule has 1 heterocycles. The highest BCUT2D eigenvalue weighted by Crippen LogP contribution is 2.19. The lowest BCUT2D eigenvalue weighted by Gasteiger charge is -2.09. The predicted octanol–water partition coefficient (Wildman–Crippen LogP) is 3.14. The zero-order chi connectivity index (χ0) is 21.0. The number of hydrogen-bond acceptors (Lipinski definition) is 5. The van der Waals surface area contributed by atoms with Gasteiger partial charge in [-0.2, -0.15) is 5.10 Å². The van der Waals surface area contributed by atoms with Gasteiger partial charge in [0, 0.05) is 17.8 Å². The third-order valence-corrected chi connectivity index (χ3v) is 5.97. The second-order valence-electron chi connectivity index (χ2n) is 6.47. The van der Waals surface area contributed by atoms with E-state index >= 15 is 0 Å². The molecule has 152 valence electrons. The van der Waals surface area contributed by atoms with Crippen LogP contribution in [-0.2, 0) is 21.3 Å². The fraction of sp³-hybridized carbons (Fsp3) is 0.238. The Hall–Kier alpha value is -2.97. The second kappa shape index (κ2) is 8.59. The topological polar surface area (TPSA) is 90.3 Å². The molecule has 3 rings (SSSR count). The molecule has 0 aliphatic heterocycles. The number of nitrogens with zero attached hydrogens (tertiary/aromatic N) is 2. The third kappa shape index (κ3) is 4.55. The molecule has 29 heavy (non-hydrogen) atoms. The van der Waals surface area contributed by atoms with Crippen molar-refractivity contribution in [3.05, 3.63) is 77.1 Å². The van der Waals surface area contributed by atoms with Crippen LogP contribution in [0.2, 0.25) is 0 Å². The summed E-state index contributed by atoms with van der Waals surface area (Å²) < 4.78 is 34.6. The number of aromatic nitrogens is 2. The van der Waals surface area contributed by atoms with Gasteiger partial charge < -0.3 is 4.74 Å². The van der Waals surface area contributed by atoms with Gasteiger partial charge in [-0.25, -0.2) is 22.6 Å². The summed E-state index contributed by atoms with van der Waals surface area (Å²) in [4.78, 5) is 11.8. The number of hydrogen-bond donors (Lipinski definition) is 1. The first kappa shape index (κ1) is 20.8. The van der Waals surface area contributed by atoms with E-state index in [2.05, 4.69) is 9.82 Å². The van der Waals surface area contributed by atoms with Crippen molar-refractivity contribution in [1.82, 2.24) is 14.5 Å². The smallest absolute Gasteiger partial charge is 0.338 e. The molecule has 0 radical (unpaired) electrons. The number of sulfonamides is 1. The molecule has 0 bridgehead atoms. The molecule has 8 heteroatoms. The van der Waals surface area contributed by atoms with E-state index in [1.165, 1.54) is 24.3 Å². The Morgan fingerprint density at radius 2 is 1.72 bits per heavy atom. The molecule has 0 aliphatic rings. The molecular formula is C21H23N3O4S. The summed E-state index contributed by atoms with van der Waals surface area (Å²) in [6.07, 6.45) is 0. The van der Waals surface area contributed by atoms with Gasteiger partial charge in [0.1, 0.15) is 0 Å².